The number of aryl methyl sites for hydroxylation is 2. The molecular weight excluding hydrogens is 337 g/mol. The van der Waals surface area contributed by atoms with E-state index in [0.717, 1.165) is 11.1 Å². The van der Waals surface area contributed by atoms with Gasteiger partial charge in [0.1, 0.15) is 5.82 Å². The van der Waals surface area contributed by atoms with E-state index in [4.69, 9.17) is 0 Å². The third-order valence-corrected chi connectivity index (χ3v) is 4.17. The number of hydrogen-bond acceptors (Lipinski definition) is 4. The lowest BCUT2D eigenvalue weighted by molar-refractivity contribution is 0.102. The van der Waals surface area contributed by atoms with E-state index in [0.29, 0.717) is 11.2 Å². The van der Waals surface area contributed by atoms with Gasteiger partial charge in [0.05, 0.1) is 11.0 Å². The number of benzene rings is 2. The Balaban J connectivity index is 1.83. The summed E-state index contributed by atoms with van der Waals surface area (Å²) in [6.45, 7) is 3.83. The van der Waals surface area contributed by atoms with Gasteiger partial charge in [0.2, 0.25) is 0 Å². The molecule has 7 nitrogen and oxygen atoms in total. The molecular formula is C18H14FN5O2. The van der Waals surface area contributed by atoms with E-state index in [1.165, 1.54) is 22.7 Å². The molecule has 0 spiro atoms. The molecule has 0 atom stereocenters. The first kappa shape index (κ1) is 15.9. The van der Waals surface area contributed by atoms with Crippen LogP contribution in [0.15, 0.2) is 41.2 Å². The SMILES string of the molecule is Cc1ccc(NC(=O)c2nnn3c2c(=O)[nH]c2cc(F)ccc23)c(C)c1. The molecule has 0 saturated carbocycles. The van der Waals surface area contributed by atoms with Crippen molar-refractivity contribution in [2.24, 2.45) is 0 Å². The predicted molar refractivity (Wildman–Crippen MR) is 94.9 cm³/mol. The number of fused-ring (bicyclic) bond motifs is 3. The van der Waals surface area contributed by atoms with Gasteiger partial charge in [0, 0.05) is 5.69 Å². The maximum absolute atomic E-state index is 13.4. The van der Waals surface area contributed by atoms with Crippen LogP contribution in [0.2, 0.25) is 0 Å². The fourth-order valence-electron chi connectivity index (χ4n) is 2.92. The van der Waals surface area contributed by atoms with Crippen molar-refractivity contribution < 1.29 is 9.18 Å². The Morgan fingerprint density at radius 2 is 2.00 bits per heavy atom. The van der Waals surface area contributed by atoms with Crippen molar-refractivity contribution in [1.29, 1.82) is 0 Å². The average Bonchev–Trinajstić information content (AvgIpc) is 3.03. The number of nitrogens with one attached hydrogen (secondary N) is 2. The Kier molecular flexibility index (Phi) is 3.54. The molecule has 0 unspecified atom stereocenters. The Morgan fingerprint density at radius 1 is 1.19 bits per heavy atom. The fraction of sp³-hybridized carbons (Fsp3) is 0.111. The smallest absolute Gasteiger partial charge is 0.278 e. The zero-order valence-electron chi connectivity index (χ0n) is 14.0. The van der Waals surface area contributed by atoms with E-state index >= 15 is 0 Å². The van der Waals surface area contributed by atoms with Crippen LogP contribution in [0.4, 0.5) is 10.1 Å². The van der Waals surface area contributed by atoms with Crippen LogP contribution in [0.5, 0.6) is 0 Å². The monoisotopic (exact) mass is 351 g/mol. The first-order chi connectivity index (χ1) is 12.4. The van der Waals surface area contributed by atoms with Crippen molar-refractivity contribution in [3.05, 3.63) is 69.4 Å². The Bertz CT molecular complexity index is 1240. The number of halogens is 1. The Morgan fingerprint density at radius 3 is 2.77 bits per heavy atom. The van der Waals surface area contributed by atoms with Crippen molar-refractivity contribution in [3.63, 3.8) is 0 Å². The van der Waals surface area contributed by atoms with Crippen molar-refractivity contribution >= 4 is 28.1 Å². The summed E-state index contributed by atoms with van der Waals surface area (Å²) in [4.78, 5) is 27.6. The maximum atomic E-state index is 13.4. The molecule has 2 aromatic heterocycles. The fourth-order valence-corrected chi connectivity index (χ4v) is 2.92. The van der Waals surface area contributed by atoms with Gasteiger partial charge in [0.25, 0.3) is 11.5 Å². The molecule has 0 bridgehead atoms. The quantitative estimate of drug-likeness (QED) is 0.581. The second-order valence-electron chi connectivity index (χ2n) is 6.09. The highest BCUT2D eigenvalue weighted by atomic mass is 19.1. The second-order valence-corrected chi connectivity index (χ2v) is 6.09. The summed E-state index contributed by atoms with van der Waals surface area (Å²) >= 11 is 0. The molecule has 26 heavy (non-hydrogen) atoms. The minimum absolute atomic E-state index is 0.00590. The van der Waals surface area contributed by atoms with Gasteiger partial charge in [-0.25, -0.2) is 8.91 Å². The van der Waals surface area contributed by atoms with Gasteiger partial charge in [-0.05, 0) is 43.7 Å². The summed E-state index contributed by atoms with van der Waals surface area (Å²) in [6, 6.07) is 9.50. The van der Waals surface area contributed by atoms with Crippen LogP contribution in [-0.2, 0) is 0 Å². The summed E-state index contributed by atoms with van der Waals surface area (Å²) in [6.07, 6.45) is 0. The molecule has 2 aromatic carbocycles. The van der Waals surface area contributed by atoms with E-state index in [1.54, 1.807) is 6.07 Å². The normalized spacial score (nSPS) is 11.2. The van der Waals surface area contributed by atoms with Gasteiger partial charge in [-0.15, -0.1) is 5.10 Å². The van der Waals surface area contributed by atoms with Crippen molar-refractivity contribution in [2.45, 2.75) is 13.8 Å². The molecule has 4 aromatic rings. The number of carbonyl (C=O) groups excluding carboxylic acids is 1. The van der Waals surface area contributed by atoms with Gasteiger partial charge < -0.3 is 10.3 Å². The van der Waals surface area contributed by atoms with Crippen LogP contribution in [0.3, 0.4) is 0 Å². The number of nitrogens with zero attached hydrogens (tertiary/aromatic N) is 3. The molecule has 0 radical (unpaired) electrons. The first-order valence-electron chi connectivity index (χ1n) is 7.89. The van der Waals surface area contributed by atoms with Crippen molar-refractivity contribution in [2.75, 3.05) is 5.32 Å². The summed E-state index contributed by atoms with van der Waals surface area (Å²) < 4.78 is 14.6. The number of anilines is 1. The van der Waals surface area contributed by atoms with Gasteiger partial charge in [-0.3, -0.25) is 9.59 Å². The molecule has 0 saturated heterocycles. The highest BCUT2D eigenvalue weighted by Gasteiger charge is 2.20. The largest absolute Gasteiger partial charge is 0.320 e. The minimum atomic E-state index is -0.570. The molecule has 1 amide bonds. The Hall–Kier alpha value is -3.55. The molecule has 0 aliphatic rings. The number of aromatic nitrogens is 4. The number of carbonyl (C=O) groups is 1. The third kappa shape index (κ3) is 2.52. The molecule has 0 aliphatic heterocycles. The average molecular weight is 351 g/mol. The molecule has 2 heterocycles. The Labute approximate surface area is 146 Å². The van der Waals surface area contributed by atoms with E-state index in [9.17, 15) is 14.0 Å². The number of aromatic amines is 1. The van der Waals surface area contributed by atoms with Crippen LogP contribution in [0, 0.1) is 19.7 Å². The lowest BCUT2D eigenvalue weighted by atomic mass is 10.1. The van der Waals surface area contributed by atoms with Crippen LogP contribution >= 0.6 is 0 Å². The lowest BCUT2D eigenvalue weighted by Gasteiger charge is -2.08. The van der Waals surface area contributed by atoms with Crippen LogP contribution in [0.25, 0.3) is 16.6 Å². The molecule has 0 fully saturated rings. The summed E-state index contributed by atoms with van der Waals surface area (Å²) in [5, 5.41) is 10.5. The molecule has 8 heteroatoms. The zero-order valence-corrected chi connectivity index (χ0v) is 14.0. The highest BCUT2D eigenvalue weighted by Crippen LogP contribution is 2.18. The minimum Gasteiger partial charge on any atom is -0.320 e. The standard InChI is InChI=1S/C18H14FN5O2/c1-9-3-5-12(10(2)7-9)20-17(25)15-16-18(26)21-13-8-11(19)4-6-14(13)24(16)23-22-15/h3-8H,1-2H3,(H,20,25)(H,21,26). The van der Waals surface area contributed by atoms with Crippen molar-refractivity contribution in [1.82, 2.24) is 19.8 Å². The van der Waals surface area contributed by atoms with Crippen LogP contribution < -0.4 is 10.9 Å². The number of amides is 1. The zero-order chi connectivity index (χ0) is 18.4. The second kappa shape index (κ2) is 5.76. The summed E-state index contributed by atoms with van der Waals surface area (Å²) in [5.41, 5.74) is 2.64. The number of rotatable bonds is 2. The highest BCUT2D eigenvalue weighted by molar-refractivity contribution is 6.07. The summed E-state index contributed by atoms with van der Waals surface area (Å²) in [7, 11) is 0. The predicted octanol–water partition coefficient (Wildman–Crippen LogP) is 2.58. The van der Waals surface area contributed by atoms with Gasteiger partial charge in [-0.2, -0.15) is 0 Å². The summed E-state index contributed by atoms with van der Waals surface area (Å²) in [5.74, 6) is -1.03. The lowest BCUT2D eigenvalue weighted by Crippen LogP contribution is -2.18. The van der Waals surface area contributed by atoms with Crippen LogP contribution in [-0.4, -0.2) is 25.7 Å². The number of hydrogen-bond donors (Lipinski definition) is 2. The van der Waals surface area contributed by atoms with Gasteiger partial charge in [0.15, 0.2) is 11.2 Å². The molecule has 4 rings (SSSR count). The molecule has 0 aliphatic carbocycles. The van der Waals surface area contributed by atoms with Crippen LogP contribution in [0.1, 0.15) is 21.6 Å². The first-order valence-corrected chi connectivity index (χ1v) is 7.89. The molecule has 2 N–H and O–H groups in total. The van der Waals surface area contributed by atoms with E-state index in [1.807, 2.05) is 26.0 Å². The van der Waals surface area contributed by atoms with Gasteiger partial charge in [-0.1, -0.05) is 22.9 Å². The third-order valence-electron chi connectivity index (χ3n) is 4.17. The van der Waals surface area contributed by atoms with Crippen molar-refractivity contribution in [3.8, 4) is 0 Å². The van der Waals surface area contributed by atoms with E-state index in [2.05, 4.69) is 20.6 Å². The van der Waals surface area contributed by atoms with Gasteiger partial charge >= 0.3 is 0 Å². The number of H-pyrrole nitrogens is 1. The van der Waals surface area contributed by atoms with E-state index in [-0.39, 0.29) is 16.7 Å². The van der Waals surface area contributed by atoms with E-state index < -0.39 is 17.3 Å². The maximum Gasteiger partial charge on any atom is 0.278 e. The topological polar surface area (TPSA) is 92.2 Å². The molecule has 130 valence electrons.